The summed E-state index contributed by atoms with van der Waals surface area (Å²) in [6, 6.07) is 60.9. The highest BCUT2D eigenvalue weighted by atomic mass is 19.4. The van der Waals surface area contributed by atoms with Gasteiger partial charge in [-0.15, -0.1) is 0 Å². The molecule has 0 amide bonds. The first kappa shape index (κ1) is 45.2. The van der Waals surface area contributed by atoms with Crippen LogP contribution in [0.3, 0.4) is 0 Å². The minimum absolute atomic E-state index is 0.185. The number of aryl methyl sites for hydroxylation is 2. The third-order valence-corrected chi connectivity index (χ3v) is 13.1. The maximum Gasteiger partial charge on any atom is 0.416 e. The maximum atomic E-state index is 13.7. The van der Waals surface area contributed by atoms with E-state index in [1.807, 2.05) is 38.1 Å². The van der Waals surface area contributed by atoms with E-state index in [4.69, 9.17) is 0 Å². The molecule has 0 aliphatic heterocycles. The smallest absolute Gasteiger partial charge is 0.309 e. The van der Waals surface area contributed by atoms with Crippen molar-refractivity contribution < 1.29 is 26.3 Å². The molecule has 1 nitrogen and oxygen atoms in total. The van der Waals surface area contributed by atoms with Crippen molar-refractivity contribution in [2.75, 3.05) is 0 Å². The van der Waals surface area contributed by atoms with Crippen LogP contribution in [0.2, 0.25) is 0 Å². The van der Waals surface area contributed by atoms with Gasteiger partial charge in [0, 0.05) is 16.5 Å². The molecule has 0 aliphatic carbocycles. The summed E-state index contributed by atoms with van der Waals surface area (Å²) in [7, 11) is 0. The van der Waals surface area contributed by atoms with Crippen molar-refractivity contribution in [3.8, 4) is 72.4 Å². The molecule has 0 saturated carbocycles. The molecule has 342 valence electrons. The normalized spacial score (nSPS) is 12.3. The lowest BCUT2D eigenvalue weighted by atomic mass is 9.85. The Hall–Kier alpha value is -7.64. The average Bonchev–Trinajstić information content (AvgIpc) is 3.66. The lowest BCUT2D eigenvalue weighted by molar-refractivity contribution is -0.138. The summed E-state index contributed by atoms with van der Waals surface area (Å²) in [5, 5.41) is 2.00. The van der Waals surface area contributed by atoms with Gasteiger partial charge >= 0.3 is 12.4 Å². The second-order valence-corrected chi connectivity index (χ2v) is 19.0. The van der Waals surface area contributed by atoms with Crippen molar-refractivity contribution in [1.29, 1.82) is 0 Å². The van der Waals surface area contributed by atoms with Gasteiger partial charge in [-0.3, -0.25) is 0 Å². The quantitative estimate of drug-likeness (QED) is 0.140. The van der Waals surface area contributed by atoms with Gasteiger partial charge in [0.1, 0.15) is 0 Å². The molecular weight excluding hydrogens is 873 g/mol. The van der Waals surface area contributed by atoms with E-state index in [9.17, 15) is 26.3 Å². The standard InChI is InChI=1S/C62H47F6N/c1-38-10-14-40(15-11-38)46-30-48(42-18-24-52(25-19-42)61(63,64)65)34-50(32-46)44-22-28-57-54(36-44)55-37-45(23-29-58(55)69(57)59-9-7-6-8-56(59)60(3,4)5)51-33-47(41-16-12-39(2)13-17-41)31-49(35-51)43-20-26-53(27-21-43)62(66,67)68/h6-37H,1-5H3. The van der Waals surface area contributed by atoms with E-state index < -0.39 is 23.5 Å². The van der Waals surface area contributed by atoms with Crippen molar-refractivity contribution in [1.82, 2.24) is 4.57 Å². The Labute approximate surface area is 398 Å². The zero-order valence-electron chi connectivity index (χ0n) is 38.7. The number of aromatic nitrogens is 1. The summed E-state index contributed by atoms with van der Waals surface area (Å²) in [6.07, 6.45) is -8.90. The molecule has 69 heavy (non-hydrogen) atoms. The topological polar surface area (TPSA) is 4.93 Å². The number of fused-ring (bicyclic) bond motifs is 3. The van der Waals surface area contributed by atoms with E-state index in [-0.39, 0.29) is 5.41 Å². The van der Waals surface area contributed by atoms with Crippen LogP contribution in [0, 0.1) is 13.8 Å². The van der Waals surface area contributed by atoms with E-state index in [1.54, 1.807) is 0 Å². The SMILES string of the molecule is Cc1ccc(-c2cc(-c3ccc(C(F)(F)F)cc3)cc(-c3ccc4c(c3)c3cc(-c5cc(-c6ccc(C)cc6)cc(-c6ccc(C(F)(F)F)cc6)c5)ccc3n4-c3ccccc3C(C)(C)C)c2)cc1. The highest BCUT2D eigenvalue weighted by Crippen LogP contribution is 2.43. The highest BCUT2D eigenvalue weighted by Gasteiger charge is 2.31. The van der Waals surface area contributed by atoms with E-state index in [0.29, 0.717) is 11.1 Å². The maximum absolute atomic E-state index is 13.7. The van der Waals surface area contributed by atoms with Gasteiger partial charge in [0.15, 0.2) is 0 Å². The van der Waals surface area contributed by atoms with Crippen molar-refractivity contribution in [3.05, 3.63) is 222 Å². The number of halogens is 6. The molecule has 1 heterocycles. The number of alkyl halides is 6. The van der Waals surface area contributed by atoms with E-state index >= 15 is 0 Å². The predicted octanol–water partition coefficient (Wildman–Crippen LogP) is 18.7. The average molecular weight is 920 g/mol. The largest absolute Gasteiger partial charge is 0.416 e. The molecule has 10 aromatic rings. The lowest BCUT2D eigenvalue weighted by Crippen LogP contribution is -2.15. The summed E-state index contributed by atoms with van der Waals surface area (Å²) in [5.74, 6) is 0. The Morgan fingerprint density at radius 3 is 0.957 bits per heavy atom. The third kappa shape index (κ3) is 8.97. The van der Waals surface area contributed by atoms with Crippen LogP contribution in [0.25, 0.3) is 94.3 Å². The van der Waals surface area contributed by atoms with Gasteiger partial charge in [0.05, 0.1) is 22.2 Å². The van der Waals surface area contributed by atoms with Crippen molar-refractivity contribution in [3.63, 3.8) is 0 Å². The van der Waals surface area contributed by atoms with E-state index in [1.165, 1.54) is 29.8 Å². The number of para-hydroxylation sites is 1. The monoisotopic (exact) mass is 919 g/mol. The summed E-state index contributed by atoms with van der Waals surface area (Å²) in [6.45, 7) is 10.7. The molecular formula is C62H47F6N. The Morgan fingerprint density at radius 1 is 0.319 bits per heavy atom. The highest BCUT2D eigenvalue weighted by molar-refractivity contribution is 6.12. The molecule has 0 radical (unpaired) electrons. The van der Waals surface area contributed by atoms with Crippen LogP contribution in [0.1, 0.15) is 48.6 Å². The zero-order chi connectivity index (χ0) is 48.4. The Morgan fingerprint density at radius 2 is 0.623 bits per heavy atom. The fourth-order valence-electron chi connectivity index (χ4n) is 9.40. The predicted molar refractivity (Wildman–Crippen MR) is 272 cm³/mol. The summed E-state index contributed by atoms with van der Waals surface area (Å²) in [5.41, 5.74) is 15.3. The van der Waals surface area contributed by atoms with Crippen molar-refractivity contribution >= 4 is 21.8 Å². The van der Waals surface area contributed by atoms with Crippen LogP contribution in [0.5, 0.6) is 0 Å². The molecule has 7 heteroatoms. The third-order valence-electron chi connectivity index (χ3n) is 13.1. The number of hydrogen-bond donors (Lipinski definition) is 0. The molecule has 1 aromatic heterocycles. The van der Waals surface area contributed by atoms with Gasteiger partial charge < -0.3 is 4.57 Å². The van der Waals surface area contributed by atoms with Crippen molar-refractivity contribution in [2.24, 2.45) is 0 Å². The molecule has 0 aliphatic rings. The van der Waals surface area contributed by atoms with Crippen LogP contribution in [0.4, 0.5) is 26.3 Å². The number of nitrogens with zero attached hydrogens (tertiary/aromatic N) is 1. The Kier molecular flexibility index (Phi) is 11.2. The molecule has 0 atom stereocenters. The first-order chi connectivity index (χ1) is 32.9. The minimum Gasteiger partial charge on any atom is -0.309 e. The van der Waals surface area contributed by atoms with Crippen LogP contribution in [0.15, 0.2) is 194 Å². The molecule has 0 unspecified atom stereocenters. The van der Waals surface area contributed by atoms with E-state index in [2.05, 4.69) is 147 Å². The first-order valence-electron chi connectivity index (χ1n) is 22.9. The Bertz CT molecular complexity index is 3320. The minimum atomic E-state index is -4.45. The molecule has 0 bridgehead atoms. The van der Waals surface area contributed by atoms with Gasteiger partial charge in [-0.1, -0.05) is 135 Å². The Balaban J connectivity index is 1.20. The van der Waals surface area contributed by atoms with Gasteiger partial charge in [-0.05, 0) is 183 Å². The molecule has 9 aromatic carbocycles. The fraction of sp³-hybridized carbons (Fsp3) is 0.129. The van der Waals surface area contributed by atoms with Gasteiger partial charge in [-0.2, -0.15) is 26.3 Å². The zero-order valence-corrected chi connectivity index (χ0v) is 38.7. The van der Waals surface area contributed by atoms with Crippen LogP contribution < -0.4 is 0 Å². The van der Waals surface area contributed by atoms with Crippen LogP contribution in [-0.4, -0.2) is 4.57 Å². The van der Waals surface area contributed by atoms with Crippen molar-refractivity contribution in [2.45, 2.75) is 52.4 Å². The second kappa shape index (κ2) is 17.2. The van der Waals surface area contributed by atoms with Gasteiger partial charge in [0.25, 0.3) is 0 Å². The van der Waals surface area contributed by atoms with E-state index in [0.717, 1.165) is 119 Å². The van der Waals surface area contributed by atoms with Gasteiger partial charge in [-0.25, -0.2) is 0 Å². The van der Waals surface area contributed by atoms with Gasteiger partial charge in [0.2, 0.25) is 0 Å². The molecule has 0 saturated heterocycles. The summed E-state index contributed by atoms with van der Waals surface area (Å²) < 4.78 is 84.4. The molecule has 10 rings (SSSR count). The first-order valence-corrected chi connectivity index (χ1v) is 22.9. The number of rotatable bonds is 7. The molecule has 0 spiro atoms. The second-order valence-electron chi connectivity index (χ2n) is 19.0. The van der Waals surface area contributed by atoms with Crippen LogP contribution in [-0.2, 0) is 17.8 Å². The lowest BCUT2D eigenvalue weighted by Gasteiger charge is -2.24. The summed E-state index contributed by atoms with van der Waals surface area (Å²) >= 11 is 0. The summed E-state index contributed by atoms with van der Waals surface area (Å²) in [4.78, 5) is 0. The van der Waals surface area contributed by atoms with Crippen LogP contribution >= 0.6 is 0 Å². The number of benzene rings is 9. The number of hydrogen-bond acceptors (Lipinski definition) is 0. The molecule has 0 N–H and O–H groups in total. The molecule has 0 fully saturated rings. The fourth-order valence-corrected chi connectivity index (χ4v) is 9.40.